The highest BCUT2D eigenvalue weighted by Crippen LogP contribution is 2.21. The molecule has 5 nitrogen and oxygen atoms in total. The van der Waals surface area contributed by atoms with Crippen molar-refractivity contribution in [3.63, 3.8) is 0 Å². The van der Waals surface area contributed by atoms with Crippen LogP contribution in [0.2, 0.25) is 0 Å². The summed E-state index contributed by atoms with van der Waals surface area (Å²) in [7, 11) is 0. The minimum absolute atomic E-state index is 0.0161. The topological polar surface area (TPSA) is 55.8 Å². The van der Waals surface area contributed by atoms with Crippen molar-refractivity contribution < 1.29 is 19.1 Å². The van der Waals surface area contributed by atoms with Gasteiger partial charge >= 0.3 is 5.97 Å². The lowest BCUT2D eigenvalue weighted by Gasteiger charge is -2.39. The van der Waals surface area contributed by atoms with E-state index in [2.05, 4.69) is 4.74 Å². The molecular formula is C14H17NO4. The minimum Gasteiger partial charge on any atom is -0.486 e. The van der Waals surface area contributed by atoms with Crippen LogP contribution in [0.5, 0.6) is 5.75 Å². The first-order chi connectivity index (χ1) is 9.06. The molecule has 0 spiro atoms. The highest BCUT2D eigenvalue weighted by atomic mass is 16.5. The van der Waals surface area contributed by atoms with Crippen molar-refractivity contribution in [1.29, 1.82) is 0 Å². The van der Waals surface area contributed by atoms with Crippen LogP contribution in [0.1, 0.15) is 12.5 Å². The molecule has 2 rings (SSSR count). The van der Waals surface area contributed by atoms with Gasteiger partial charge in [0.2, 0.25) is 0 Å². The quantitative estimate of drug-likeness (QED) is 0.765. The summed E-state index contributed by atoms with van der Waals surface area (Å²) < 4.78 is 10.4. The van der Waals surface area contributed by atoms with Crippen LogP contribution in [0.15, 0.2) is 24.3 Å². The molecule has 1 aromatic carbocycles. The van der Waals surface area contributed by atoms with Crippen molar-refractivity contribution in [2.45, 2.75) is 20.0 Å². The van der Waals surface area contributed by atoms with Crippen LogP contribution in [0.3, 0.4) is 0 Å². The Hall–Kier alpha value is -2.04. The minimum atomic E-state index is -0.443. The number of carbonyl (C=O) groups is 2. The van der Waals surface area contributed by atoms with Crippen LogP contribution in [0.25, 0.3) is 0 Å². The van der Waals surface area contributed by atoms with E-state index in [0.29, 0.717) is 13.1 Å². The Labute approximate surface area is 112 Å². The number of hydrogen-bond donors (Lipinski definition) is 0. The number of para-hydroxylation sites is 1. The lowest BCUT2D eigenvalue weighted by Crippen LogP contribution is -2.57. The molecular weight excluding hydrogens is 246 g/mol. The van der Waals surface area contributed by atoms with E-state index in [-0.39, 0.29) is 18.6 Å². The second-order valence-electron chi connectivity index (χ2n) is 4.58. The molecule has 0 N–H and O–H groups in total. The van der Waals surface area contributed by atoms with Gasteiger partial charge in [-0.05, 0) is 18.6 Å². The molecule has 19 heavy (non-hydrogen) atoms. The SMILES string of the molecule is CC(=O)OCC(=O)N1CC(Oc2ccccc2C)C1. The van der Waals surface area contributed by atoms with Crippen LogP contribution in [0.4, 0.5) is 0 Å². The van der Waals surface area contributed by atoms with Gasteiger partial charge in [0.05, 0.1) is 13.1 Å². The number of esters is 1. The van der Waals surface area contributed by atoms with Gasteiger partial charge in [0, 0.05) is 6.92 Å². The molecule has 0 atom stereocenters. The summed E-state index contributed by atoms with van der Waals surface area (Å²) in [4.78, 5) is 23.8. The van der Waals surface area contributed by atoms with Crippen LogP contribution < -0.4 is 4.74 Å². The summed E-state index contributed by atoms with van der Waals surface area (Å²) in [6.07, 6.45) is 0.0161. The monoisotopic (exact) mass is 263 g/mol. The van der Waals surface area contributed by atoms with E-state index in [1.54, 1.807) is 4.90 Å². The summed E-state index contributed by atoms with van der Waals surface area (Å²) in [6.45, 7) is 4.15. The predicted molar refractivity (Wildman–Crippen MR) is 68.8 cm³/mol. The van der Waals surface area contributed by atoms with Gasteiger partial charge in [0.25, 0.3) is 5.91 Å². The summed E-state index contributed by atoms with van der Waals surface area (Å²) in [5.41, 5.74) is 1.08. The van der Waals surface area contributed by atoms with Gasteiger partial charge in [0.15, 0.2) is 6.61 Å². The number of carbonyl (C=O) groups excluding carboxylic acids is 2. The Balaban J connectivity index is 1.76. The Morgan fingerprint density at radius 2 is 2.00 bits per heavy atom. The molecule has 1 aliphatic heterocycles. The average Bonchev–Trinajstić information content (AvgIpc) is 2.32. The van der Waals surface area contributed by atoms with E-state index in [0.717, 1.165) is 11.3 Å². The smallest absolute Gasteiger partial charge is 0.303 e. The summed E-state index contributed by atoms with van der Waals surface area (Å²) in [5.74, 6) is 0.223. The maximum Gasteiger partial charge on any atom is 0.303 e. The Morgan fingerprint density at radius 1 is 1.32 bits per heavy atom. The second kappa shape index (κ2) is 5.73. The van der Waals surface area contributed by atoms with E-state index >= 15 is 0 Å². The fourth-order valence-electron chi connectivity index (χ4n) is 1.84. The zero-order chi connectivity index (χ0) is 13.8. The molecule has 1 amide bonds. The van der Waals surface area contributed by atoms with Crippen molar-refractivity contribution in [3.8, 4) is 5.75 Å². The number of likely N-dealkylation sites (tertiary alicyclic amines) is 1. The molecule has 1 fully saturated rings. The maximum absolute atomic E-state index is 11.6. The molecule has 0 radical (unpaired) electrons. The van der Waals surface area contributed by atoms with Gasteiger partial charge in [-0.2, -0.15) is 0 Å². The van der Waals surface area contributed by atoms with Gasteiger partial charge in [-0.25, -0.2) is 0 Å². The predicted octanol–water partition coefficient (Wildman–Crippen LogP) is 1.15. The van der Waals surface area contributed by atoms with E-state index in [4.69, 9.17) is 4.74 Å². The third kappa shape index (κ3) is 3.47. The molecule has 0 saturated carbocycles. The third-order valence-corrected chi connectivity index (χ3v) is 2.99. The molecule has 1 aliphatic rings. The first-order valence-electron chi connectivity index (χ1n) is 6.19. The van der Waals surface area contributed by atoms with Gasteiger partial charge in [-0.3, -0.25) is 9.59 Å². The van der Waals surface area contributed by atoms with Crippen molar-refractivity contribution >= 4 is 11.9 Å². The molecule has 1 heterocycles. The number of hydrogen-bond acceptors (Lipinski definition) is 4. The number of ether oxygens (including phenoxy) is 2. The molecule has 0 aliphatic carbocycles. The summed E-state index contributed by atoms with van der Waals surface area (Å²) in [5, 5.41) is 0. The Kier molecular flexibility index (Phi) is 4.04. The zero-order valence-electron chi connectivity index (χ0n) is 11.1. The third-order valence-electron chi connectivity index (χ3n) is 2.99. The van der Waals surface area contributed by atoms with Crippen LogP contribution >= 0.6 is 0 Å². The lowest BCUT2D eigenvalue weighted by atomic mass is 10.1. The molecule has 102 valence electrons. The summed E-state index contributed by atoms with van der Waals surface area (Å²) >= 11 is 0. The maximum atomic E-state index is 11.6. The van der Waals surface area contributed by atoms with Crippen molar-refractivity contribution in [1.82, 2.24) is 4.90 Å². The standard InChI is InChI=1S/C14H17NO4/c1-10-5-3-4-6-13(10)19-12-7-15(8-12)14(17)9-18-11(2)16/h3-6,12H,7-9H2,1-2H3. The molecule has 0 bridgehead atoms. The van der Waals surface area contributed by atoms with Gasteiger partial charge in [-0.1, -0.05) is 18.2 Å². The fraction of sp³-hybridized carbons (Fsp3) is 0.429. The summed E-state index contributed by atoms with van der Waals surface area (Å²) in [6, 6.07) is 7.78. The van der Waals surface area contributed by atoms with Crippen LogP contribution in [-0.2, 0) is 14.3 Å². The van der Waals surface area contributed by atoms with E-state index in [1.165, 1.54) is 6.92 Å². The van der Waals surface area contributed by atoms with E-state index in [1.807, 2.05) is 31.2 Å². The highest BCUT2D eigenvalue weighted by Gasteiger charge is 2.32. The molecule has 5 heteroatoms. The Morgan fingerprint density at radius 3 is 2.63 bits per heavy atom. The number of aryl methyl sites for hydroxylation is 1. The Bertz CT molecular complexity index is 480. The number of rotatable bonds is 4. The van der Waals surface area contributed by atoms with Crippen LogP contribution in [0, 0.1) is 6.92 Å². The number of nitrogens with zero attached hydrogens (tertiary/aromatic N) is 1. The molecule has 0 aromatic heterocycles. The van der Waals surface area contributed by atoms with Crippen LogP contribution in [-0.4, -0.2) is 42.6 Å². The van der Waals surface area contributed by atoms with Gasteiger partial charge < -0.3 is 14.4 Å². The van der Waals surface area contributed by atoms with Crippen molar-refractivity contribution in [2.75, 3.05) is 19.7 Å². The second-order valence-corrected chi connectivity index (χ2v) is 4.58. The normalized spacial score (nSPS) is 14.7. The van der Waals surface area contributed by atoms with Gasteiger partial charge in [-0.15, -0.1) is 0 Å². The molecule has 1 saturated heterocycles. The highest BCUT2D eigenvalue weighted by molar-refractivity contribution is 5.80. The van der Waals surface area contributed by atoms with Crippen molar-refractivity contribution in [2.24, 2.45) is 0 Å². The van der Waals surface area contributed by atoms with Crippen molar-refractivity contribution in [3.05, 3.63) is 29.8 Å². The first-order valence-corrected chi connectivity index (χ1v) is 6.19. The fourth-order valence-corrected chi connectivity index (χ4v) is 1.84. The molecule has 0 unspecified atom stereocenters. The van der Waals surface area contributed by atoms with E-state index < -0.39 is 5.97 Å². The average molecular weight is 263 g/mol. The first kappa shape index (κ1) is 13.4. The number of benzene rings is 1. The molecule has 1 aromatic rings. The largest absolute Gasteiger partial charge is 0.486 e. The van der Waals surface area contributed by atoms with Gasteiger partial charge in [0.1, 0.15) is 11.9 Å². The lowest BCUT2D eigenvalue weighted by molar-refractivity contribution is -0.154. The number of amides is 1. The zero-order valence-corrected chi connectivity index (χ0v) is 11.1. The van der Waals surface area contributed by atoms with E-state index in [9.17, 15) is 9.59 Å².